The molecule has 1 aromatic rings. The average molecular weight is 310 g/mol. The van der Waals surface area contributed by atoms with E-state index >= 15 is 0 Å². The first-order chi connectivity index (χ1) is 9.94. The van der Waals surface area contributed by atoms with Crippen LogP contribution < -0.4 is 10.5 Å². The van der Waals surface area contributed by atoms with E-state index in [1.807, 2.05) is 6.92 Å². The minimum absolute atomic E-state index is 0.0792. The predicted octanol–water partition coefficient (Wildman–Crippen LogP) is 1.60. The van der Waals surface area contributed by atoms with Crippen LogP contribution in [0.5, 0.6) is 0 Å². The summed E-state index contributed by atoms with van der Waals surface area (Å²) in [6.07, 6.45) is 3.21. The lowest BCUT2D eigenvalue weighted by Crippen LogP contribution is -2.40. The molecule has 1 aromatic carbocycles. The lowest BCUT2D eigenvalue weighted by molar-refractivity contribution is 0.260. The molecule has 0 amide bonds. The number of sulfonamides is 1. The van der Waals surface area contributed by atoms with Crippen molar-refractivity contribution in [2.75, 3.05) is 6.54 Å². The van der Waals surface area contributed by atoms with Crippen molar-refractivity contribution in [3.8, 4) is 11.8 Å². The molecule has 1 aliphatic carbocycles. The smallest absolute Gasteiger partial charge is 0.240 e. The minimum atomic E-state index is -3.70. The van der Waals surface area contributed by atoms with Crippen molar-refractivity contribution >= 4 is 10.0 Å². The maximum absolute atomic E-state index is 13.8. The Labute approximate surface area is 125 Å². The molecule has 2 rings (SSSR count). The molecule has 0 aliphatic heterocycles. The summed E-state index contributed by atoms with van der Waals surface area (Å²) >= 11 is 0. The third-order valence-electron chi connectivity index (χ3n) is 3.77. The molecule has 1 fully saturated rings. The third-order valence-corrected chi connectivity index (χ3v) is 5.33. The Morgan fingerprint density at radius 2 is 2.19 bits per heavy atom. The molecule has 0 radical (unpaired) electrons. The van der Waals surface area contributed by atoms with Gasteiger partial charge in [0.2, 0.25) is 10.0 Å². The number of nitrogens with one attached hydrogen (secondary N) is 1. The number of halogens is 1. The second-order valence-electron chi connectivity index (χ2n) is 5.25. The zero-order valence-electron chi connectivity index (χ0n) is 11.9. The number of rotatable bonds is 4. The van der Waals surface area contributed by atoms with E-state index in [1.54, 1.807) is 0 Å². The summed E-state index contributed by atoms with van der Waals surface area (Å²) in [5, 5.41) is 0. The van der Waals surface area contributed by atoms with Gasteiger partial charge in [-0.15, -0.1) is 0 Å². The van der Waals surface area contributed by atoms with Gasteiger partial charge in [-0.2, -0.15) is 0 Å². The number of hydrogen-bond acceptors (Lipinski definition) is 3. The Morgan fingerprint density at radius 3 is 2.71 bits per heavy atom. The van der Waals surface area contributed by atoms with E-state index in [9.17, 15) is 12.8 Å². The van der Waals surface area contributed by atoms with Crippen LogP contribution in [-0.2, 0) is 10.0 Å². The molecule has 1 aliphatic rings. The molecule has 21 heavy (non-hydrogen) atoms. The van der Waals surface area contributed by atoms with Gasteiger partial charge >= 0.3 is 0 Å². The first kappa shape index (κ1) is 16.0. The average Bonchev–Trinajstić information content (AvgIpc) is 2.34. The fourth-order valence-electron chi connectivity index (χ4n) is 2.26. The van der Waals surface area contributed by atoms with Crippen molar-refractivity contribution in [1.29, 1.82) is 0 Å². The highest BCUT2D eigenvalue weighted by Gasteiger charge is 2.28. The standard InChI is InChI=1S/C15H19FN2O2S/c1-11(12-4-2-5-12)18-21(19,20)14-8-7-13(6-3-9-17)15(16)10-14/h7-8,10-12,18H,2,4-5,9,17H2,1H3. The van der Waals surface area contributed by atoms with Gasteiger partial charge in [0.15, 0.2) is 0 Å². The van der Waals surface area contributed by atoms with Crippen molar-refractivity contribution in [2.45, 2.75) is 37.1 Å². The topological polar surface area (TPSA) is 72.2 Å². The summed E-state index contributed by atoms with van der Waals surface area (Å²) in [5.74, 6) is 4.82. The summed E-state index contributed by atoms with van der Waals surface area (Å²) in [5.41, 5.74) is 5.37. The third kappa shape index (κ3) is 3.82. The van der Waals surface area contributed by atoms with Crippen molar-refractivity contribution in [3.05, 3.63) is 29.6 Å². The van der Waals surface area contributed by atoms with Crippen molar-refractivity contribution < 1.29 is 12.8 Å². The molecule has 6 heteroatoms. The van der Waals surface area contributed by atoms with E-state index in [1.165, 1.54) is 12.1 Å². The van der Waals surface area contributed by atoms with E-state index in [2.05, 4.69) is 16.6 Å². The molecule has 1 unspecified atom stereocenters. The van der Waals surface area contributed by atoms with Gasteiger partial charge in [-0.1, -0.05) is 18.3 Å². The predicted molar refractivity (Wildman–Crippen MR) is 79.5 cm³/mol. The SMILES string of the molecule is CC(NS(=O)(=O)c1ccc(C#CCN)c(F)c1)C1CCC1. The lowest BCUT2D eigenvalue weighted by Gasteiger charge is -2.31. The van der Waals surface area contributed by atoms with Gasteiger partial charge < -0.3 is 5.73 Å². The molecule has 0 aromatic heterocycles. The van der Waals surface area contributed by atoms with Gasteiger partial charge in [-0.05, 0) is 43.9 Å². The van der Waals surface area contributed by atoms with Crippen molar-refractivity contribution in [2.24, 2.45) is 11.7 Å². The molecule has 0 bridgehead atoms. The number of hydrogen-bond donors (Lipinski definition) is 2. The number of benzene rings is 1. The highest BCUT2D eigenvalue weighted by Crippen LogP contribution is 2.30. The van der Waals surface area contributed by atoms with E-state index in [0.717, 1.165) is 25.3 Å². The largest absolute Gasteiger partial charge is 0.320 e. The van der Waals surface area contributed by atoms with Gasteiger partial charge in [-0.3, -0.25) is 0 Å². The Hall–Kier alpha value is -1.42. The zero-order valence-corrected chi connectivity index (χ0v) is 12.7. The van der Waals surface area contributed by atoms with Crippen LogP contribution in [0.3, 0.4) is 0 Å². The fraction of sp³-hybridized carbons (Fsp3) is 0.467. The minimum Gasteiger partial charge on any atom is -0.320 e. The van der Waals surface area contributed by atoms with E-state index < -0.39 is 15.8 Å². The maximum atomic E-state index is 13.8. The van der Waals surface area contributed by atoms with Crippen LogP contribution in [0.15, 0.2) is 23.1 Å². The van der Waals surface area contributed by atoms with Gasteiger partial charge in [0.25, 0.3) is 0 Å². The zero-order chi connectivity index (χ0) is 15.5. The highest BCUT2D eigenvalue weighted by molar-refractivity contribution is 7.89. The van der Waals surface area contributed by atoms with Crippen LogP contribution in [0, 0.1) is 23.6 Å². The quantitative estimate of drug-likeness (QED) is 0.830. The molecule has 0 saturated heterocycles. The second kappa shape index (κ2) is 6.56. The molecule has 0 spiro atoms. The van der Waals surface area contributed by atoms with Gasteiger partial charge in [0.1, 0.15) is 5.82 Å². The van der Waals surface area contributed by atoms with Crippen LogP contribution in [0.2, 0.25) is 0 Å². The molecule has 1 saturated carbocycles. The highest BCUT2D eigenvalue weighted by atomic mass is 32.2. The summed E-state index contributed by atoms with van der Waals surface area (Å²) in [6.45, 7) is 1.97. The number of nitrogens with two attached hydrogens (primary N) is 1. The van der Waals surface area contributed by atoms with Gasteiger partial charge in [0, 0.05) is 6.04 Å². The summed E-state index contributed by atoms with van der Waals surface area (Å²) < 4.78 is 40.9. The van der Waals surface area contributed by atoms with Crippen molar-refractivity contribution in [3.63, 3.8) is 0 Å². The van der Waals surface area contributed by atoms with E-state index in [0.29, 0.717) is 5.92 Å². The monoisotopic (exact) mass is 310 g/mol. The van der Waals surface area contributed by atoms with Gasteiger partial charge in [0.05, 0.1) is 17.0 Å². The van der Waals surface area contributed by atoms with Gasteiger partial charge in [-0.25, -0.2) is 17.5 Å². The Bertz CT molecular complexity index is 673. The maximum Gasteiger partial charge on any atom is 0.240 e. The molecule has 0 heterocycles. The Kier molecular flexibility index (Phi) is 4.99. The normalized spacial score (nSPS) is 16.7. The molecule has 4 nitrogen and oxygen atoms in total. The second-order valence-corrected chi connectivity index (χ2v) is 6.96. The van der Waals surface area contributed by atoms with Crippen LogP contribution >= 0.6 is 0 Å². The Balaban J connectivity index is 2.18. The fourth-order valence-corrected chi connectivity index (χ4v) is 3.58. The van der Waals surface area contributed by atoms with Crippen molar-refractivity contribution in [1.82, 2.24) is 4.72 Å². The van der Waals surface area contributed by atoms with Crippen LogP contribution in [-0.4, -0.2) is 21.0 Å². The summed E-state index contributed by atoms with van der Waals surface area (Å²) in [7, 11) is -3.70. The molecular weight excluding hydrogens is 291 g/mol. The summed E-state index contributed by atoms with van der Waals surface area (Å²) in [6, 6.07) is 3.58. The molecule has 1 atom stereocenters. The first-order valence-electron chi connectivity index (χ1n) is 6.95. The van der Waals surface area contributed by atoms with Crippen LogP contribution in [0.4, 0.5) is 4.39 Å². The van der Waals surface area contributed by atoms with Crippen LogP contribution in [0.25, 0.3) is 0 Å². The van der Waals surface area contributed by atoms with E-state index in [4.69, 9.17) is 5.73 Å². The molecular formula is C15H19FN2O2S. The lowest BCUT2D eigenvalue weighted by atomic mass is 9.81. The Morgan fingerprint density at radius 1 is 1.48 bits per heavy atom. The van der Waals surface area contributed by atoms with E-state index in [-0.39, 0.29) is 23.0 Å². The summed E-state index contributed by atoms with van der Waals surface area (Å²) in [4.78, 5) is -0.0792. The van der Waals surface area contributed by atoms with Crippen LogP contribution in [0.1, 0.15) is 31.7 Å². The molecule has 114 valence electrons. The molecule has 3 N–H and O–H groups in total. The first-order valence-corrected chi connectivity index (χ1v) is 8.43.